The predicted octanol–water partition coefficient (Wildman–Crippen LogP) is 4.02. The number of hydrogen-bond donors (Lipinski definition) is 1. The quantitative estimate of drug-likeness (QED) is 0.832. The molecule has 0 aliphatic rings. The highest BCUT2D eigenvalue weighted by Gasteiger charge is 2.22. The van der Waals surface area contributed by atoms with Gasteiger partial charge in [0.2, 0.25) is 0 Å². The molecule has 1 aromatic carbocycles. The second-order valence-electron chi connectivity index (χ2n) is 4.90. The fourth-order valence-electron chi connectivity index (χ4n) is 2.41. The fourth-order valence-corrected chi connectivity index (χ4v) is 2.86. The molecule has 0 bridgehead atoms. The van der Waals surface area contributed by atoms with Gasteiger partial charge >= 0.3 is 0 Å². The molecule has 0 aliphatic heterocycles. The fraction of sp³-hybridized carbons (Fsp3) is 0.571. The molecule has 0 aliphatic carbocycles. The summed E-state index contributed by atoms with van der Waals surface area (Å²) in [7, 11) is 2.04. The molecule has 0 saturated heterocycles. The van der Waals surface area contributed by atoms with Crippen LogP contribution in [-0.4, -0.2) is 13.6 Å². The molecule has 0 heterocycles. The van der Waals surface area contributed by atoms with Gasteiger partial charge in [-0.15, -0.1) is 0 Å². The third-order valence-corrected chi connectivity index (χ3v) is 3.47. The highest BCUT2D eigenvalue weighted by atomic mass is 79.9. The van der Waals surface area contributed by atoms with Crippen LogP contribution in [0.3, 0.4) is 0 Å². The highest BCUT2D eigenvalue weighted by molar-refractivity contribution is 9.10. The Morgan fingerprint density at radius 2 is 2.12 bits per heavy atom. The van der Waals surface area contributed by atoms with Crippen molar-refractivity contribution in [2.75, 3.05) is 13.6 Å². The maximum absolute atomic E-state index is 3.53. The molecule has 1 unspecified atom stereocenters. The number of nitrogens with one attached hydrogen (secondary N) is 1. The minimum absolute atomic E-state index is 0.365. The molecule has 1 aromatic rings. The number of benzene rings is 1. The van der Waals surface area contributed by atoms with Gasteiger partial charge in [0, 0.05) is 11.0 Å². The van der Waals surface area contributed by atoms with E-state index in [0.29, 0.717) is 5.41 Å². The van der Waals surface area contributed by atoms with Gasteiger partial charge in [0.05, 0.1) is 0 Å². The van der Waals surface area contributed by atoms with E-state index in [9.17, 15) is 0 Å². The molecule has 0 fully saturated rings. The van der Waals surface area contributed by atoms with E-state index < -0.39 is 0 Å². The first-order valence-corrected chi connectivity index (χ1v) is 6.78. The monoisotopic (exact) mass is 283 g/mol. The van der Waals surface area contributed by atoms with Crippen molar-refractivity contribution < 1.29 is 0 Å². The van der Waals surface area contributed by atoms with E-state index in [-0.39, 0.29) is 0 Å². The van der Waals surface area contributed by atoms with E-state index in [2.05, 4.69) is 59.4 Å². The zero-order valence-corrected chi connectivity index (χ0v) is 12.1. The van der Waals surface area contributed by atoms with Crippen LogP contribution in [0.15, 0.2) is 28.7 Å². The molecule has 1 rings (SSSR count). The van der Waals surface area contributed by atoms with Crippen LogP contribution in [0.2, 0.25) is 0 Å². The van der Waals surface area contributed by atoms with E-state index in [1.165, 1.54) is 22.9 Å². The van der Waals surface area contributed by atoms with Gasteiger partial charge in [-0.2, -0.15) is 0 Å². The average molecular weight is 284 g/mol. The largest absolute Gasteiger partial charge is 0.319 e. The van der Waals surface area contributed by atoms with Crippen LogP contribution in [0.5, 0.6) is 0 Å². The van der Waals surface area contributed by atoms with E-state index in [4.69, 9.17) is 0 Å². The number of halogens is 1. The van der Waals surface area contributed by atoms with Crippen molar-refractivity contribution in [1.82, 2.24) is 5.32 Å². The van der Waals surface area contributed by atoms with Gasteiger partial charge in [0.15, 0.2) is 0 Å². The summed E-state index contributed by atoms with van der Waals surface area (Å²) in [5, 5.41) is 3.32. The first kappa shape index (κ1) is 13.7. The second-order valence-corrected chi connectivity index (χ2v) is 5.81. The zero-order chi connectivity index (χ0) is 12.0. The molecular weight excluding hydrogens is 262 g/mol. The van der Waals surface area contributed by atoms with Gasteiger partial charge in [-0.05, 0) is 43.0 Å². The molecule has 0 saturated carbocycles. The lowest BCUT2D eigenvalue weighted by Crippen LogP contribution is -2.31. The summed E-state index contributed by atoms with van der Waals surface area (Å²) < 4.78 is 1.17. The van der Waals surface area contributed by atoms with Crippen molar-refractivity contribution >= 4 is 15.9 Å². The van der Waals surface area contributed by atoms with Crippen LogP contribution >= 0.6 is 15.9 Å². The summed E-state index contributed by atoms with van der Waals surface area (Å²) in [5.74, 6) is 0. The first-order valence-electron chi connectivity index (χ1n) is 5.99. The van der Waals surface area contributed by atoms with Gasteiger partial charge in [0.25, 0.3) is 0 Å². The molecule has 1 atom stereocenters. The lowest BCUT2D eigenvalue weighted by Gasteiger charge is -2.29. The van der Waals surface area contributed by atoms with Gasteiger partial charge in [-0.3, -0.25) is 0 Å². The summed E-state index contributed by atoms with van der Waals surface area (Å²) in [6.07, 6.45) is 3.65. The summed E-state index contributed by atoms with van der Waals surface area (Å²) in [6.45, 7) is 5.70. The van der Waals surface area contributed by atoms with Crippen LogP contribution in [-0.2, 0) is 6.42 Å². The third-order valence-electron chi connectivity index (χ3n) is 2.98. The SMILES string of the molecule is CCCC(C)(CNC)Cc1cccc(Br)c1. The zero-order valence-electron chi connectivity index (χ0n) is 10.5. The number of rotatable bonds is 6. The van der Waals surface area contributed by atoms with Crippen LogP contribution < -0.4 is 5.32 Å². The van der Waals surface area contributed by atoms with Crippen LogP contribution in [0.4, 0.5) is 0 Å². The Bertz CT molecular complexity index is 316. The lowest BCUT2D eigenvalue weighted by atomic mass is 9.79. The molecule has 16 heavy (non-hydrogen) atoms. The Balaban J connectivity index is 2.74. The molecule has 1 N–H and O–H groups in total. The smallest absolute Gasteiger partial charge is 0.0177 e. The Hall–Kier alpha value is -0.340. The Labute approximate surface area is 108 Å². The lowest BCUT2D eigenvalue weighted by molar-refractivity contribution is 0.283. The van der Waals surface area contributed by atoms with E-state index in [0.717, 1.165) is 13.0 Å². The number of hydrogen-bond acceptors (Lipinski definition) is 1. The average Bonchev–Trinajstić information content (AvgIpc) is 2.17. The van der Waals surface area contributed by atoms with Crippen molar-refractivity contribution in [3.8, 4) is 0 Å². The van der Waals surface area contributed by atoms with Crippen molar-refractivity contribution in [2.24, 2.45) is 5.41 Å². The van der Waals surface area contributed by atoms with Gasteiger partial charge in [-0.25, -0.2) is 0 Å². The van der Waals surface area contributed by atoms with Crippen molar-refractivity contribution in [2.45, 2.75) is 33.1 Å². The third kappa shape index (κ3) is 4.26. The van der Waals surface area contributed by atoms with Crippen LogP contribution in [0.25, 0.3) is 0 Å². The van der Waals surface area contributed by atoms with Gasteiger partial charge in [-0.1, -0.05) is 48.3 Å². The first-order chi connectivity index (χ1) is 7.59. The summed E-state index contributed by atoms with van der Waals surface area (Å²) in [6, 6.07) is 8.64. The molecule has 0 radical (unpaired) electrons. The van der Waals surface area contributed by atoms with Gasteiger partial charge in [0.1, 0.15) is 0 Å². The standard InChI is InChI=1S/C14H22BrN/c1-4-8-14(2,11-16-3)10-12-6-5-7-13(15)9-12/h5-7,9,16H,4,8,10-11H2,1-3H3. The molecule has 0 spiro atoms. The van der Waals surface area contributed by atoms with E-state index in [1.807, 2.05) is 7.05 Å². The normalized spacial score (nSPS) is 14.8. The van der Waals surface area contributed by atoms with Crippen LogP contribution in [0, 0.1) is 5.41 Å². The Kier molecular flexibility index (Phi) is 5.50. The summed E-state index contributed by atoms with van der Waals surface area (Å²) in [4.78, 5) is 0. The Morgan fingerprint density at radius 1 is 1.38 bits per heavy atom. The molecular formula is C14H22BrN. The van der Waals surface area contributed by atoms with Crippen molar-refractivity contribution in [3.05, 3.63) is 34.3 Å². The second kappa shape index (κ2) is 6.41. The predicted molar refractivity (Wildman–Crippen MR) is 74.8 cm³/mol. The molecule has 0 aromatic heterocycles. The highest BCUT2D eigenvalue weighted by Crippen LogP contribution is 2.28. The van der Waals surface area contributed by atoms with Crippen LogP contribution in [0.1, 0.15) is 32.3 Å². The minimum atomic E-state index is 0.365. The maximum atomic E-state index is 3.53. The van der Waals surface area contributed by atoms with Crippen molar-refractivity contribution in [3.63, 3.8) is 0 Å². The molecule has 90 valence electrons. The molecule has 2 heteroatoms. The summed E-state index contributed by atoms with van der Waals surface area (Å²) in [5.41, 5.74) is 1.78. The Morgan fingerprint density at radius 3 is 2.69 bits per heavy atom. The topological polar surface area (TPSA) is 12.0 Å². The minimum Gasteiger partial charge on any atom is -0.319 e. The van der Waals surface area contributed by atoms with E-state index in [1.54, 1.807) is 0 Å². The summed E-state index contributed by atoms with van der Waals surface area (Å²) >= 11 is 3.53. The maximum Gasteiger partial charge on any atom is 0.0177 e. The molecule has 1 nitrogen and oxygen atoms in total. The van der Waals surface area contributed by atoms with Crippen molar-refractivity contribution in [1.29, 1.82) is 0 Å². The van der Waals surface area contributed by atoms with E-state index >= 15 is 0 Å². The molecule has 0 amide bonds. The van der Waals surface area contributed by atoms with Gasteiger partial charge < -0.3 is 5.32 Å².